The quantitative estimate of drug-likeness (QED) is 0.0986. The molecule has 0 aromatic heterocycles. The molecule has 0 aromatic carbocycles. The number of rotatable bonds is 11. The summed E-state index contributed by atoms with van der Waals surface area (Å²) in [5.41, 5.74) is 3.42. The molecule has 1 aliphatic rings. The zero-order valence-electron chi connectivity index (χ0n) is 18.2. The molecule has 1 aliphatic heterocycles. The summed E-state index contributed by atoms with van der Waals surface area (Å²) in [6, 6.07) is 0. The maximum Gasteiger partial charge on any atom is 0.389 e. The molecule has 0 aromatic rings. The van der Waals surface area contributed by atoms with Gasteiger partial charge in [-0.15, -0.1) is 6.42 Å². The van der Waals surface area contributed by atoms with E-state index < -0.39 is 12.6 Å². The van der Waals surface area contributed by atoms with Gasteiger partial charge in [-0.2, -0.15) is 24.9 Å². The Morgan fingerprint density at radius 1 is 1.42 bits per heavy atom. The second kappa shape index (κ2) is 13.9. The van der Waals surface area contributed by atoms with Gasteiger partial charge in [-0.05, 0) is 38.0 Å². The van der Waals surface area contributed by atoms with E-state index in [4.69, 9.17) is 18.6 Å². The molecule has 1 rings (SSSR count). The molecule has 0 unspecified atom stereocenters. The van der Waals surface area contributed by atoms with E-state index in [1.807, 2.05) is 11.8 Å². The molecule has 0 amide bonds. The Morgan fingerprint density at radius 2 is 2.13 bits per heavy atom. The topological polar surface area (TPSA) is 15.6 Å². The summed E-state index contributed by atoms with van der Waals surface area (Å²) < 4.78 is 37.0. The molecular formula is C23H29F3N2S3. The van der Waals surface area contributed by atoms with E-state index in [9.17, 15) is 13.2 Å². The first-order valence-electron chi connectivity index (χ1n) is 9.97. The number of terminal acetylenes is 1. The van der Waals surface area contributed by atoms with Crippen LogP contribution in [0, 0.1) is 12.3 Å². The van der Waals surface area contributed by atoms with Crippen LogP contribution in [0.2, 0.25) is 0 Å². The van der Waals surface area contributed by atoms with Gasteiger partial charge in [-0.25, -0.2) is 0 Å². The normalized spacial score (nSPS) is 15.5. The third-order valence-electron chi connectivity index (χ3n) is 4.42. The number of thioether (sulfide) groups is 2. The molecule has 8 heteroatoms. The monoisotopic (exact) mass is 486 g/mol. The number of hydrogen-bond donors (Lipinski definition) is 0. The highest BCUT2D eigenvalue weighted by molar-refractivity contribution is 8.07. The van der Waals surface area contributed by atoms with Crippen LogP contribution in [0.4, 0.5) is 13.2 Å². The minimum Gasteiger partial charge on any atom is -0.319 e. The summed E-state index contributed by atoms with van der Waals surface area (Å²) in [6.07, 6.45) is 8.23. The Labute approximate surface area is 198 Å². The van der Waals surface area contributed by atoms with E-state index in [2.05, 4.69) is 31.3 Å². The zero-order valence-corrected chi connectivity index (χ0v) is 20.7. The van der Waals surface area contributed by atoms with Crippen LogP contribution in [-0.4, -0.2) is 40.3 Å². The van der Waals surface area contributed by atoms with Crippen LogP contribution in [-0.2, 0) is 0 Å². The number of allylic oxidation sites excluding steroid dienone is 4. The van der Waals surface area contributed by atoms with Gasteiger partial charge in [0.05, 0.1) is 23.0 Å². The molecule has 0 bridgehead atoms. The minimum absolute atomic E-state index is 0.0376. The standard InChI is InChI=1S/C23H29F3N2S3/c1-6-12-28(20(29)10-13-30-14-11-23(24,25)26)22-17(5)15-18(7-2)21(31-22)19(8-3)16-27-9-4/h1,8-9,16H,3,7,10-15H2,2,4-5H3/b19-16+,27-9?. The van der Waals surface area contributed by atoms with Crippen molar-refractivity contribution in [2.24, 2.45) is 4.99 Å². The van der Waals surface area contributed by atoms with Crippen molar-refractivity contribution in [3.05, 3.63) is 45.5 Å². The van der Waals surface area contributed by atoms with Crippen molar-refractivity contribution in [3.63, 3.8) is 0 Å². The van der Waals surface area contributed by atoms with E-state index in [0.29, 0.717) is 23.7 Å². The number of thiocarbonyl (C=S) groups is 1. The van der Waals surface area contributed by atoms with Crippen LogP contribution in [0.15, 0.2) is 50.5 Å². The van der Waals surface area contributed by atoms with Gasteiger partial charge < -0.3 is 4.90 Å². The summed E-state index contributed by atoms with van der Waals surface area (Å²) in [5.74, 6) is 3.23. The smallest absolute Gasteiger partial charge is 0.319 e. The number of aliphatic imine (C=N–C) groups is 1. The summed E-state index contributed by atoms with van der Waals surface area (Å²) >= 11 is 8.50. The van der Waals surface area contributed by atoms with E-state index in [1.54, 1.807) is 30.3 Å². The fourth-order valence-corrected chi connectivity index (χ4v) is 5.58. The second-order valence-electron chi connectivity index (χ2n) is 6.76. The zero-order chi connectivity index (χ0) is 23.4. The highest BCUT2D eigenvalue weighted by atomic mass is 32.2. The predicted octanol–water partition coefficient (Wildman–Crippen LogP) is 7.52. The van der Waals surface area contributed by atoms with Crippen molar-refractivity contribution < 1.29 is 13.2 Å². The largest absolute Gasteiger partial charge is 0.389 e. The van der Waals surface area contributed by atoms with Crippen molar-refractivity contribution >= 4 is 46.9 Å². The second-order valence-corrected chi connectivity index (χ2v) is 9.45. The molecule has 0 saturated heterocycles. The maximum atomic E-state index is 12.3. The van der Waals surface area contributed by atoms with Gasteiger partial charge in [0.2, 0.25) is 0 Å². The van der Waals surface area contributed by atoms with Crippen LogP contribution < -0.4 is 0 Å². The average Bonchev–Trinajstić information content (AvgIpc) is 2.72. The first-order valence-corrected chi connectivity index (χ1v) is 12.3. The Kier molecular flexibility index (Phi) is 12.3. The lowest BCUT2D eigenvalue weighted by atomic mass is 10.0. The lowest BCUT2D eigenvalue weighted by molar-refractivity contribution is -0.129. The SMILES string of the molecule is C#CCN(C(=S)CCSCCC(F)(F)F)C1=C(C)CC(CC)=C(/C(C=C)=C/N=CC)S1. The summed E-state index contributed by atoms with van der Waals surface area (Å²) in [7, 11) is 0. The summed E-state index contributed by atoms with van der Waals surface area (Å²) in [4.78, 5) is 7.94. The molecule has 0 atom stereocenters. The molecule has 1 heterocycles. The van der Waals surface area contributed by atoms with Gasteiger partial charge >= 0.3 is 6.18 Å². The van der Waals surface area contributed by atoms with Gasteiger partial charge in [-0.1, -0.05) is 55.1 Å². The predicted molar refractivity (Wildman–Crippen MR) is 135 cm³/mol. The molecule has 0 spiro atoms. The molecule has 0 saturated carbocycles. The van der Waals surface area contributed by atoms with Gasteiger partial charge in [0.25, 0.3) is 0 Å². The van der Waals surface area contributed by atoms with Crippen LogP contribution in [0.1, 0.15) is 46.5 Å². The van der Waals surface area contributed by atoms with Crippen LogP contribution in [0.5, 0.6) is 0 Å². The lowest BCUT2D eigenvalue weighted by Crippen LogP contribution is -2.30. The molecule has 0 N–H and O–H groups in total. The third-order valence-corrected chi connectivity index (χ3v) is 7.32. The molecular weight excluding hydrogens is 457 g/mol. The Hall–Kier alpha value is -1.43. The van der Waals surface area contributed by atoms with Crippen LogP contribution in [0.25, 0.3) is 0 Å². The number of nitrogens with zero attached hydrogens (tertiary/aromatic N) is 2. The molecule has 2 nitrogen and oxygen atoms in total. The first-order chi connectivity index (χ1) is 14.7. The maximum absolute atomic E-state index is 12.3. The molecule has 0 radical (unpaired) electrons. The Balaban J connectivity index is 2.99. The number of hydrogen-bond acceptors (Lipinski definition) is 4. The van der Waals surface area contributed by atoms with Crippen LogP contribution in [0.3, 0.4) is 0 Å². The van der Waals surface area contributed by atoms with Gasteiger partial charge in [0.1, 0.15) is 0 Å². The van der Waals surface area contributed by atoms with E-state index in [1.165, 1.54) is 22.9 Å². The van der Waals surface area contributed by atoms with E-state index >= 15 is 0 Å². The van der Waals surface area contributed by atoms with Gasteiger partial charge in [0.15, 0.2) is 0 Å². The highest BCUT2D eigenvalue weighted by Gasteiger charge is 2.27. The number of alkyl halides is 3. The fourth-order valence-electron chi connectivity index (χ4n) is 2.87. The third kappa shape index (κ3) is 9.30. The average molecular weight is 487 g/mol. The first kappa shape index (κ1) is 27.6. The highest BCUT2D eigenvalue weighted by Crippen LogP contribution is 2.45. The van der Waals surface area contributed by atoms with Crippen molar-refractivity contribution in [1.82, 2.24) is 4.90 Å². The molecule has 31 heavy (non-hydrogen) atoms. The molecule has 0 aliphatic carbocycles. The summed E-state index contributed by atoms with van der Waals surface area (Å²) in [5, 5.41) is 0.990. The van der Waals surface area contributed by atoms with Gasteiger partial charge in [-0.3, -0.25) is 4.99 Å². The Bertz CT molecular complexity index is 815. The van der Waals surface area contributed by atoms with E-state index in [0.717, 1.165) is 28.3 Å². The van der Waals surface area contributed by atoms with Crippen molar-refractivity contribution in [2.75, 3.05) is 18.1 Å². The van der Waals surface area contributed by atoms with Crippen molar-refractivity contribution in [3.8, 4) is 12.3 Å². The van der Waals surface area contributed by atoms with Crippen LogP contribution >= 0.6 is 35.7 Å². The summed E-state index contributed by atoms with van der Waals surface area (Å²) in [6.45, 7) is 10.3. The van der Waals surface area contributed by atoms with Gasteiger partial charge in [0, 0.05) is 35.1 Å². The van der Waals surface area contributed by atoms with Crippen molar-refractivity contribution in [2.45, 2.75) is 52.6 Å². The molecule has 0 fully saturated rings. The molecule has 170 valence electrons. The van der Waals surface area contributed by atoms with E-state index in [-0.39, 0.29) is 5.75 Å². The fraction of sp³-hybridized carbons (Fsp3) is 0.478. The lowest BCUT2D eigenvalue weighted by Gasteiger charge is -2.32. The number of halogens is 3. The minimum atomic E-state index is -4.12. The van der Waals surface area contributed by atoms with Crippen molar-refractivity contribution in [1.29, 1.82) is 0 Å². The Morgan fingerprint density at radius 3 is 2.68 bits per heavy atom.